The van der Waals surface area contributed by atoms with Gasteiger partial charge in [0.15, 0.2) is 16.5 Å². The highest BCUT2D eigenvalue weighted by Gasteiger charge is 2.18. The van der Waals surface area contributed by atoms with Crippen LogP contribution in [0.25, 0.3) is 4.96 Å². The van der Waals surface area contributed by atoms with Crippen molar-refractivity contribution >= 4 is 22.2 Å². The summed E-state index contributed by atoms with van der Waals surface area (Å²) in [5.41, 5.74) is 1.83. The zero-order valence-electron chi connectivity index (χ0n) is 13.3. The van der Waals surface area contributed by atoms with Crippen molar-refractivity contribution in [2.45, 2.75) is 19.9 Å². The van der Waals surface area contributed by atoms with Crippen molar-refractivity contribution in [2.24, 2.45) is 0 Å². The van der Waals surface area contributed by atoms with E-state index in [-0.39, 0.29) is 12.7 Å². The molecule has 0 N–H and O–H groups in total. The number of carbonyl (C=O) groups excluding carboxylic acids is 1. The van der Waals surface area contributed by atoms with Gasteiger partial charge in [-0.3, -0.25) is 9.20 Å². The van der Waals surface area contributed by atoms with Crippen molar-refractivity contribution in [3.05, 3.63) is 47.2 Å². The fourth-order valence-electron chi connectivity index (χ4n) is 2.76. The predicted octanol–water partition coefficient (Wildman–Crippen LogP) is 2.72. The minimum absolute atomic E-state index is 0.0703. The number of amides is 1. The quantitative estimate of drug-likeness (QED) is 0.715. The molecule has 0 radical (unpaired) electrons. The molecular formula is C17H17N3O3S. The lowest BCUT2D eigenvalue weighted by Crippen LogP contribution is -2.31. The molecule has 6 nitrogen and oxygen atoms in total. The standard InChI is InChI=1S/C17H17N3O3S/c1-2-19(9-12-3-4-14-15(7-12)23-11-22-14)16(21)8-13-10-20-5-6-24-17(20)18-13/h3-7,10H,2,8-9,11H2,1H3. The fraction of sp³-hybridized carbons (Fsp3) is 0.294. The Bertz CT molecular complexity index is 858. The van der Waals surface area contributed by atoms with E-state index in [1.807, 2.05) is 52.2 Å². The Morgan fingerprint density at radius 1 is 1.38 bits per heavy atom. The summed E-state index contributed by atoms with van der Waals surface area (Å²) in [6, 6.07) is 5.79. The largest absolute Gasteiger partial charge is 0.454 e. The molecule has 1 aliphatic heterocycles. The zero-order chi connectivity index (χ0) is 16.5. The normalized spacial score (nSPS) is 12.7. The van der Waals surface area contributed by atoms with E-state index >= 15 is 0 Å². The maximum atomic E-state index is 12.6. The van der Waals surface area contributed by atoms with Gasteiger partial charge in [0, 0.05) is 30.9 Å². The van der Waals surface area contributed by atoms with E-state index in [0.29, 0.717) is 19.5 Å². The maximum Gasteiger partial charge on any atom is 0.231 e. The maximum absolute atomic E-state index is 12.6. The minimum atomic E-state index is 0.0703. The molecule has 0 bridgehead atoms. The molecule has 1 amide bonds. The van der Waals surface area contributed by atoms with E-state index in [9.17, 15) is 4.79 Å². The highest BCUT2D eigenvalue weighted by Crippen LogP contribution is 2.32. The number of imidazole rings is 1. The van der Waals surface area contributed by atoms with E-state index in [2.05, 4.69) is 4.98 Å². The second-order valence-electron chi connectivity index (χ2n) is 5.60. The Morgan fingerprint density at radius 3 is 3.08 bits per heavy atom. The molecule has 1 aromatic carbocycles. The molecule has 0 spiro atoms. The van der Waals surface area contributed by atoms with Gasteiger partial charge in [0.25, 0.3) is 0 Å². The smallest absolute Gasteiger partial charge is 0.231 e. The number of aromatic nitrogens is 2. The number of thiazole rings is 1. The highest BCUT2D eigenvalue weighted by atomic mass is 32.1. The van der Waals surface area contributed by atoms with E-state index in [4.69, 9.17) is 9.47 Å². The number of hydrogen-bond acceptors (Lipinski definition) is 5. The molecular weight excluding hydrogens is 326 g/mol. The van der Waals surface area contributed by atoms with Gasteiger partial charge < -0.3 is 14.4 Å². The molecule has 4 rings (SSSR count). The second kappa shape index (κ2) is 6.16. The van der Waals surface area contributed by atoms with Crippen molar-refractivity contribution in [1.29, 1.82) is 0 Å². The monoisotopic (exact) mass is 343 g/mol. The lowest BCUT2D eigenvalue weighted by atomic mass is 10.1. The van der Waals surface area contributed by atoms with E-state index in [0.717, 1.165) is 27.7 Å². The number of ether oxygens (including phenoxy) is 2. The first kappa shape index (κ1) is 15.0. The minimum Gasteiger partial charge on any atom is -0.454 e. The number of likely N-dealkylation sites (N-methyl/N-ethyl adjacent to an activating group) is 1. The predicted molar refractivity (Wildman–Crippen MR) is 90.4 cm³/mol. The van der Waals surface area contributed by atoms with Crippen LogP contribution in [0.15, 0.2) is 36.0 Å². The topological polar surface area (TPSA) is 56.1 Å². The van der Waals surface area contributed by atoms with Crippen LogP contribution in [0.2, 0.25) is 0 Å². The molecule has 24 heavy (non-hydrogen) atoms. The summed E-state index contributed by atoms with van der Waals surface area (Å²) in [7, 11) is 0. The lowest BCUT2D eigenvalue weighted by molar-refractivity contribution is -0.130. The van der Waals surface area contributed by atoms with Crippen LogP contribution in [-0.2, 0) is 17.8 Å². The van der Waals surface area contributed by atoms with Gasteiger partial charge in [0.2, 0.25) is 12.7 Å². The Morgan fingerprint density at radius 2 is 2.25 bits per heavy atom. The summed E-state index contributed by atoms with van der Waals surface area (Å²) in [4.78, 5) is 19.8. The molecule has 0 saturated heterocycles. The molecule has 0 aliphatic carbocycles. The van der Waals surface area contributed by atoms with Gasteiger partial charge in [-0.05, 0) is 24.6 Å². The van der Waals surface area contributed by atoms with Crippen LogP contribution in [0.3, 0.4) is 0 Å². The molecule has 0 saturated carbocycles. The molecule has 1 aliphatic rings. The van der Waals surface area contributed by atoms with Crippen molar-refractivity contribution < 1.29 is 14.3 Å². The SMILES string of the molecule is CCN(Cc1ccc2c(c1)OCO2)C(=O)Cc1cn2ccsc2n1. The van der Waals surface area contributed by atoms with Crippen LogP contribution in [0.5, 0.6) is 11.5 Å². The van der Waals surface area contributed by atoms with Gasteiger partial charge in [-0.25, -0.2) is 4.98 Å². The van der Waals surface area contributed by atoms with Crippen LogP contribution < -0.4 is 9.47 Å². The molecule has 0 unspecified atom stereocenters. The van der Waals surface area contributed by atoms with E-state index in [1.54, 1.807) is 11.3 Å². The summed E-state index contributed by atoms with van der Waals surface area (Å²) in [5, 5.41) is 1.98. The van der Waals surface area contributed by atoms with Crippen molar-refractivity contribution in [1.82, 2.24) is 14.3 Å². The Kier molecular flexibility index (Phi) is 3.86. The summed E-state index contributed by atoms with van der Waals surface area (Å²) in [6.45, 7) is 3.44. The first-order valence-corrected chi connectivity index (χ1v) is 8.68. The van der Waals surface area contributed by atoms with Crippen LogP contribution in [0.4, 0.5) is 0 Å². The van der Waals surface area contributed by atoms with Gasteiger partial charge in [-0.1, -0.05) is 6.07 Å². The summed E-state index contributed by atoms with van der Waals surface area (Å²) in [6.07, 6.45) is 4.18. The Labute approximate surface area is 143 Å². The van der Waals surface area contributed by atoms with E-state index in [1.165, 1.54) is 0 Å². The molecule has 3 heterocycles. The average molecular weight is 343 g/mol. The van der Waals surface area contributed by atoms with Crippen LogP contribution in [0.1, 0.15) is 18.2 Å². The average Bonchev–Trinajstić information content (AvgIpc) is 3.27. The zero-order valence-corrected chi connectivity index (χ0v) is 14.1. The molecule has 0 atom stereocenters. The van der Waals surface area contributed by atoms with Crippen molar-refractivity contribution in [3.63, 3.8) is 0 Å². The summed E-state index contributed by atoms with van der Waals surface area (Å²) >= 11 is 1.56. The van der Waals surface area contributed by atoms with Gasteiger partial charge in [0.1, 0.15) is 0 Å². The first-order chi connectivity index (χ1) is 11.7. The number of nitrogens with zero attached hydrogens (tertiary/aromatic N) is 3. The molecule has 2 aromatic heterocycles. The number of hydrogen-bond donors (Lipinski definition) is 0. The number of rotatable bonds is 5. The fourth-order valence-corrected chi connectivity index (χ4v) is 3.48. The number of fused-ring (bicyclic) bond motifs is 2. The van der Waals surface area contributed by atoms with Gasteiger partial charge in [-0.2, -0.15) is 0 Å². The third kappa shape index (κ3) is 2.82. The summed E-state index contributed by atoms with van der Waals surface area (Å²) < 4.78 is 12.7. The van der Waals surface area contributed by atoms with Gasteiger partial charge in [-0.15, -0.1) is 11.3 Å². The highest BCUT2D eigenvalue weighted by molar-refractivity contribution is 7.15. The van der Waals surface area contributed by atoms with E-state index < -0.39 is 0 Å². The Balaban J connectivity index is 1.46. The van der Waals surface area contributed by atoms with Crippen LogP contribution in [-0.4, -0.2) is 33.5 Å². The van der Waals surface area contributed by atoms with Crippen LogP contribution >= 0.6 is 11.3 Å². The summed E-state index contributed by atoms with van der Waals surface area (Å²) in [5.74, 6) is 1.57. The first-order valence-electron chi connectivity index (χ1n) is 7.80. The second-order valence-corrected chi connectivity index (χ2v) is 6.47. The molecule has 3 aromatic rings. The lowest BCUT2D eigenvalue weighted by Gasteiger charge is -2.20. The molecule has 0 fully saturated rings. The van der Waals surface area contributed by atoms with Crippen molar-refractivity contribution in [3.8, 4) is 11.5 Å². The van der Waals surface area contributed by atoms with Gasteiger partial charge >= 0.3 is 0 Å². The third-order valence-corrected chi connectivity index (χ3v) is 4.79. The third-order valence-electron chi connectivity index (χ3n) is 4.02. The number of benzene rings is 1. The van der Waals surface area contributed by atoms with Gasteiger partial charge in [0.05, 0.1) is 12.1 Å². The number of carbonyl (C=O) groups is 1. The molecule has 124 valence electrons. The van der Waals surface area contributed by atoms with Crippen molar-refractivity contribution in [2.75, 3.05) is 13.3 Å². The Hall–Kier alpha value is -2.54. The van der Waals surface area contributed by atoms with Crippen LogP contribution in [0, 0.1) is 0 Å². The molecule has 7 heteroatoms.